The molecule has 4 heterocycles. The number of rotatable bonds is 3. The summed E-state index contributed by atoms with van der Waals surface area (Å²) in [6, 6.07) is 2.28. The minimum atomic E-state index is -4.92. The highest BCUT2D eigenvalue weighted by atomic mass is 35.5. The van der Waals surface area contributed by atoms with Gasteiger partial charge in [-0.05, 0) is 18.2 Å². The van der Waals surface area contributed by atoms with Crippen molar-refractivity contribution in [2.45, 2.75) is 23.7 Å². The SMILES string of the molecule is C=CC(O)N1CCN(C2=NC(O)N3CC4(COC4)CSc4c(-c5cc(Cl)c(F)cc5F)c(C(F)(F)F)cc2c43)CC1. The Morgan fingerprint density at radius 3 is 2.44 bits per heavy atom. The number of thioether (sulfide) groups is 1. The maximum atomic E-state index is 15.2. The number of hydrogen-bond acceptors (Lipinski definition) is 8. The Bertz CT molecular complexity index is 1430. The molecule has 14 heteroatoms. The quantitative estimate of drug-likeness (QED) is 0.301. The van der Waals surface area contributed by atoms with Crippen LogP contribution in [0.1, 0.15) is 11.1 Å². The van der Waals surface area contributed by atoms with E-state index >= 15 is 4.39 Å². The third-order valence-electron chi connectivity index (χ3n) is 7.93. The Kier molecular flexibility index (Phi) is 7.27. The third-order valence-corrected chi connectivity index (χ3v) is 9.66. The molecule has 7 nitrogen and oxygen atoms in total. The Balaban J connectivity index is 1.56. The van der Waals surface area contributed by atoms with Crippen LogP contribution in [-0.4, -0.2) is 90.1 Å². The van der Waals surface area contributed by atoms with Gasteiger partial charge in [0.25, 0.3) is 0 Å². The van der Waals surface area contributed by atoms with E-state index in [4.69, 9.17) is 16.3 Å². The average Bonchev–Trinajstić information content (AvgIpc) is 3.11. The number of aliphatic hydroxyl groups excluding tert-OH is 2. The molecule has 1 spiro atoms. The summed E-state index contributed by atoms with van der Waals surface area (Å²) >= 11 is 7.06. The number of anilines is 1. The predicted octanol–water partition coefficient (Wildman–Crippen LogP) is 4.39. The highest BCUT2D eigenvalue weighted by Gasteiger charge is 2.49. The first-order valence-electron chi connectivity index (χ1n) is 12.9. The van der Waals surface area contributed by atoms with Crippen LogP contribution >= 0.6 is 23.4 Å². The molecule has 4 aliphatic heterocycles. The van der Waals surface area contributed by atoms with Gasteiger partial charge in [-0.25, -0.2) is 13.8 Å². The maximum absolute atomic E-state index is 15.2. The van der Waals surface area contributed by atoms with Crippen molar-refractivity contribution in [3.63, 3.8) is 0 Å². The van der Waals surface area contributed by atoms with Crippen LogP contribution in [-0.2, 0) is 10.9 Å². The molecule has 0 aromatic heterocycles. The fraction of sp³-hybridized carbons (Fsp3) is 0.444. The van der Waals surface area contributed by atoms with Gasteiger partial charge in [0, 0.05) is 71.5 Å². The van der Waals surface area contributed by atoms with Crippen LogP contribution in [0.2, 0.25) is 5.02 Å². The van der Waals surface area contributed by atoms with Crippen molar-refractivity contribution in [2.24, 2.45) is 10.4 Å². The zero-order valence-corrected chi connectivity index (χ0v) is 23.2. The van der Waals surface area contributed by atoms with E-state index in [0.29, 0.717) is 56.9 Å². The van der Waals surface area contributed by atoms with Crippen LogP contribution in [0.25, 0.3) is 11.1 Å². The normalized spacial score (nSPS) is 23.0. The van der Waals surface area contributed by atoms with E-state index in [1.807, 2.05) is 0 Å². The summed E-state index contributed by atoms with van der Waals surface area (Å²) < 4.78 is 79.1. The van der Waals surface area contributed by atoms with E-state index in [9.17, 15) is 27.8 Å². The Morgan fingerprint density at radius 2 is 1.83 bits per heavy atom. The fourth-order valence-corrected chi connectivity index (χ4v) is 7.37. The highest BCUT2D eigenvalue weighted by Crippen LogP contribution is 2.54. The predicted molar refractivity (Wildman–Crippen MR) is 145 cm³/mol. The summed E-state index contributed by atoms with van der Waals surface area (Å²) in [6.45, 7) is 5.94. The monoisotopic (exact) mass is 616 g/mol. The summed E-state index contributed by atoms with van der Waals surface area (Å²) in [5, 5.41) is 20.9. The number of nitrogens with zero attached hydrogens (tertiary/aromatic N) is 4. The topological polar surface area (TPSA) is 71.8 Å². The second-order valence-electron chi connectivity index (χ2n) is 10.6. The molecular formula is C27H26ClF5N4O3S. The molecule has 0 bridgehead atoms. The molecule has 6 rings (SSSR count). The van der Waals surface area contributed by atoms with Gasteiger partial charge in [0.2, 0.25) is 6.35 Å². The van der Waals surface area contributed by atoms with Crippen molar-refractivity contribution < 1.29 is 36.9 Å². The van der Waals surface area contributed by atoms with Crippen LogP contribution in [0, 0.1) is 17.0 Å². The Morgan fingerprint density at radius 1 is 1.12 bits per heavy atom. The van der Waals surface area contributed by atoms with E-state index in [1.54, 1.807) is 14.7 Å². The molecule has 2 N–H and O–H groups in total. The number of hydrogen-bond donors (Lipinski definition) is 2. The van der Waals surface area contributed by atoms with Gasteiger partial charge in [0.1, 0.15) is 23.7 Å². The number of alkyl halides is 3. The standard InChI is InChI=1S/C27H26ClF5N4O3S/c1-2-20(38)35-3-5-36(6-4-35)24-15-7-16(27(31,32)33)21(14-8-17(28)19(30)9-18(14)29)23-22(15)37(25(39)34-24)10-26(13-41-23)11-40-12-26/h2,7-9,20,25,38-39H,1,3-6,10-13H2. The lowest BCUT2D eigenvalue weighted by Crippen LogP contribution is -2.56. The number of aliphatic hydroxyl groups is 2. The first-order chi connectivity index (χ1) is 19.4. The second-order valence-corrected chi connectivity index (χ2v) is 12.0. The molecule has 220 valence electrons. The van der Waals surface area contributed by atoms with E-state index < -0.39 is 57.5 Å². The van der Waals surface area contributed by atoms with Crippen molar-refractivity contribution in [2.75, 3.05) is 56.6 Å². The number of aliphatic imine (C=N–C) groups is 1. The average molecular weight is 617 g/mol. The minimum Gasteiger partial charge on any atom is -0.380 e. The van der Waals surface area contributed by atoms with Gasteiger partial charge in [0.05, 0.1) is 29.5 Å². The molecule has 2 unspecified atom stereocenters. The number of amidine groups is 1. The zero-order valence-electron chi connectivity index (χ0n) is 21.6. The van der Waals surface area contributed by atoms with E-state index in [2.05, 4.69) is 11.6 Å². The zero-order chi connectivity index (χ0) is 29.3. The number of halogens is 6. The first kappa shape index (κ1) is 28.7. The largest absolute Gasteiger partial charge is 0.417 e. The smallest absolute Gasteiger partial charge is 0.380 e. The van der Waals surface area contributed by atoms with Crippen LogP contribution < -0.4 is 4.90 Å². The first-order valence-corrected chi connectivity index (χ1v) is 14.2. The molecule has 2 fully saturated rings. The van der Waals surface area contributed by atoms with Crippen LogP contribution in [0.4, 0.5) is 27.6 Å². The lowest BCUT2D eigenvalue weighted by Gasteiger charge is -2.46. The van der Waals surface area contributed by atoms with Crippen molar-refractivity contribution >= 4 is 34.9 Å². The van der Waals surface area contributed by atoms with Crippen LogP contribution in [0.3, 0.4) is 0 Å². The fourth-order valence-electron chi connectivity index (χ4n) is 5.77. The molecule has 2 atom stereocenters. The molecule has 0 amide bonds. The van der Waals surface area contributed by atoms with Gasteiger partial charge in [-0.2, -0.15) is 13.2 Å². The Hall–Kier alpha value is -2.42. The molecule has 4 aliphatic rings. The summed E-state index contributed by atoms with van der Waals surface area (Å²) in [7, 11) is 0. The lowest BCUT2D eigenvalue weighted by molar-refractivity contribution is -0.137. The van der Waals surface area contributed by atoms with Crippen molar-refractivity contribution in [3.05, 3.63) is 58.6 Å². The number of piperazine rings is 1. The molecular weight excluding hydrogens is 591 g/mol. The summed E-state index contributed by atoms with van der Waals surface area (Å²) in [6.07, 6.45) is -5.82. The van der Waals surface area contributed by atoms with E-state index in [-0.39, 0.29) is 22.8 Å². The van der Waals surface area contributed by atoms with Gasteiger partial charge in [0.15, 0.2) is 0 Å². The lowest BCUT2D eigenvalue weighted by atomic mass is 9.86. The van der Waals surface area contributed by atoms with Gasteiger partial charge in [-0.15, -0.1) is 11.8 Å². The third kappa shape index (κ3) is 4.90. The molecule has 0 radical (unpaired) electrons. The van der Waals surface area contributed by atoms with Gasteiger partial charge in [-0.3, -0.25) is 4.90 Å². The van der Waals surface area contributed by atoms with Crippen LogP contribution in [0.15, 0.2) is 40.7 Å². The minimum absolute atomic E-state index is 0.104. The maximum Gasteiger partial charge on any atom is 0.417 e. The van der Waals surface area contributed by atoms with Crippen molar-refractivity contribution in [1.82, 2.24) is 9.80 Å². The number of ether oxygens (including phenoxy) is 1. The summed E-state index contributed by atoms with van der Waals surface area (Å²) in [5.74, 6) is -1.75. The molecule has 2 aromatic rings. The van der Waals surface area contributed by atoms with Crippen molar-refractivity contribution in [3.8, 4) is 11.1 Å². The molecule has 0 saturated carbocycles. The van der Waals surface area contributed by atoms with Crippen LogP contribution in [0.5, 0.6) is 0 Å². The van der Waals surface area contributed by atoms with Crippen molar-refractivity contribution in [1.29, 1.82) is 0 Å². The molecule has 0 aliphatic carbocycles. The second kappa shape index (κ2) is 10.4. The Labute approximate surface area is 241 Å². The van der Waals surface area contributed by atoms with Gasteiger partial charge in [-0.1, -0.05) is 18.2 Å². The van der Waals surface area contributed by atoms with Gasteiger partial charge < -0.3 is 24.7 Å². The summed E-state index contributed by atoms with van der Waals surface area (Å²) in [5.41, 5.74) is -2.08. The molecule has 2 aromatic carbocycles. The highest BCUT2D eigenvalue weighted by molar-refractivity contribution is 7.99. The number of benzene rings is 2. The van der Waals surface area contributed by atoms with E-state index in [0.717, 1.165) is 23.9 Å². The summed E-state index contributed by atoms with van der Waals surface area (Å²) in [4.78, 5) is 9.64. The van der Waals surface area contributed by atoms with Gasteiger partial charge >= 0.3 is 6.18 Å². The molecule has 2 saturated heterocycles. The molecule has 41 heavy (non-hydrogen) atoms. The van der Waals surface area contributed by atoms with E-state index in [1.165, 1.54) is 6.08 Å².